The second-order valence-corrected chi connectivity index (χ2v) is 6.08. The van der Waals surface area contributed by atoms with Crippen LogP contribution in [0.4, 0.5) is 0 Å². The van der Waals surface area contributed by atoms with Gasteiger partial charge in [0.2, 0.25) is 0 Å². The van der Waals surface area contributed by atoms with Gasteiger partial charge in [-0.1, -0.05) is 29.8 Å². The normalized spacial score (nSPS) is 10.6. The Labute approximate surface area is 149 Å². The van der Waals surface area contributed by atoms with Crippen molar-refractivity contribution >= 4 is 41.4 Å². The number of thioether (sulfide) groups is 1. The lowest BCUT2D eigenvalue weighted by Gasteiger charge is -2.04. The molecule has 0 unspecified atom stereocenters. The van der Waals surface area contributed by atoms with Gasteiger partial charge in [0.25, 0.3) is 11.8 Å². The first-order chi connectivity index (χ1) is 11.6. The molecule has 124 valence electrons. The number of hydrazone groups is 1. The lowest BCUT2D eigenvalue weighted by molar-refractivity contribution is -0.120. The molecule has 0 bridgehead atoms. The van der Waals surface area contributed by atoms with Gasteiger partial charge in [-0.15, -0.1) is 11.8 Å². The maximum absolute atomic E-state index is 11.9. The number of nitrogens with one attached hydrogen (secondary N) is 2. The van der Waals surface area contributed by atoms with Gasteiger partial charge in [0.1, 0.15) is 0 Å². The third kappa shape index (κ3) is 5.72. The third-order valence-electron chi connectivity index (χ3n) is 3.01. The quantitative estimate of drug-likeness (QED) is 0.472. The Hall–Kier alpha value is -2.31. The van der Waals surface area contributed by atoms with Crippen LogP contribution >= 0.6 is 23.4 Å². The van der Waals surface area contributed by atoms with Gasteiger partial charge in [0.05, 0.1) is 12.8 Å². The molecule has 24 heavy (non-hydrogen) atoms. The van der Waals surface area contributed by atoms with E-state index in [4.69, 9.17) is 11.6 Å². The van der Waals surface area contributed by atoms with Crippen LogP contribution in [0.3, 0.4) is 0 Å². The number of amides is 2. The molecule has 2 amide bonds. The maximum atomic E-state index is 11.9. The van der Waals surface area contributed by atoms with Crippen LogP contribution < -0.4 is 10.7 Å². The molecule has 0 aliphatic rings. The summed E-state index contributed by atoms with van der Waals surface area (Å²) in [6, 6.07) is 14.2. The SMILES string of the molecule is CSc1ccc(C=NNC(=O)CNC(=O)c2cccc(Cl)c2)cc1. The summed E-state index contributed by atoms with van der Waals surface area (Å²) in [4.78, 5) is 24.7. The summed E-state index contributed by atoms with van der Waals surface area (Å²) in [5, 5.41) is 6.82. The van der Waals surface area contributed by atoms with Crippen molar-refractivity contribution in [3.05, 3.63) is 64.7 Å². The van der Waals surface area contributed by atoms with Crippen LogP contribution in [0.1, 0.15) is 15.9 Å². The molecular formula is C17H16ClN3O2S. The van der Waals surface area contributed by atoms with E-state index >= 15 is 0 Å². The standard InChI is InChI=1S/C17H16ClN3O2S/c1-24-15-7-5-12(6-8-15)10-20-21-16(22)11-19-17(23)13-3-2-4-14(18)9-13/h2-10H,11H2,1H3,(H,19,23)(H,21,22). The Balaban J connectivity index is 1.78. The van der Waals surface area contributed by atoms with Crippen LogP contribution in [0.25, 0.3) is 0 Å². The molecule has 7 heteroatoms. The summed E-state index contributed by atoms with van der Waals surface area (Å²) < 4.78 is 0. The van der Waals surface area contributed by atoms with Gasteiger partial charge in [-0.2, -0.15) is 5.10 Å². The highest BCUT2D eigenvalue weighted by atomic mass is 35.5. The number of carbonyl (C=O) groups is 2. The highest BCUT2D eigenvalue weighted by Gasteiger charge is 2.07. The molecule has 0 aromatic heterocycles. The van der Waals surface area contributed by atoms with Gasteiger partial charge >= 0.3 is 0 Å². The molecule has 2 rings (SSSR count). The van der Waals surface area contributed by atoms with Crippen molar-refractivity contribution in [2.45, 2.75) is 4.90 Å². The molecule has 2 aromatic carbocycles. The zero-order chi connectivity index (χ0) is 17.4. The first-order valence-electron chi connectivity index (χ1n) is 7.08. The number of benzene rings is 2. The van der Waals surface area contributed by atoms with E-state index in [0.717, 1.165) is 10.5 Å². The lowest BCUT2D eigenvalue weighted by Crippen LogP contribution is -2.34. The van der Waals surface area contributed by atoms with Crippen molar-refractivity contribution in [1.82, 2.24) is 10.7 Å². The molecule has 5 nitrogen and oxygen atoms in total. The summed E-state index contributed by atoms with van der Waals surface area (Å²) in [6.45, 7) is -0.173. The summed E-state index contributed by atoms with van der Waals surface area (Å²) in [6.07, 6.45) is 3.54. The summed E-state index contributed by atoms with van der Waals surface area (Å²) in [5.41, 5.74) is 3.63. The Bertz CT molecular complexity index is 748. The molecular weight excluding hydrogens is 346 g/mol. The van der Waals surface area contributed by atoms with E-state index in [2.05, 4.69) is 15.8 Å². The molecule has 0 spiro atoms. The van der Waals surface area contributed by atoms with E-state index in [0.29, 0.717) is 10.6 Å². The molecule has 0 atom stereocenters. The fraction of sp³-hybridized carbons (Fsp3) is 0.118. The van der Waals surface area contributed by atoms with Gasteiger partial charge in [-0.05, 0) is 42.2 Å². The minimum absolute atomic E-state index is 0.173. The van der Waals surface area contributed by atoms with Crippen LogP contribution in [0.15, 0.2) is 58.5 Å². The molecule has 0 saturated carbocycles. The molecule has 0 aliphatic heterocycles. The van der Waals surface area contributed by atoms with E-state index < -0.39 is 5.91 Å². The Kier molecular flexibility index (Phi) is 6.84. The van der Waals surface area contributed by atoms with E-state index in [1.54, 1.807) is 36.2 Å². The average Bonchev–Trinajstić information content (AvgIpc) is 2.60. The predicted octanol–water partition coefficient (Wildman–Crippen LogP) is 2.94. The topological polar surface area (TPSA) is 70.6 Å². The van der Waals surface area contributed by atoms with Gasteiger partial charge in [0.15, 0.2) is 0 Å². The number of nitrogens with zero attached hydrogens (tertiary/aromatic N) is 1. The minimum Gasteiger partial charge on any atom is -0.343 e. The first-order valence-corrected chi connectivity index (χ1v) is 8.68. The van der Waals surface area contributed by atoms with Crippen molar-refractivity contribution in [3.8, 4) is 0 Å². The minimum atomic E-state index is -0.414. The molecule has 0 radical (unpaired) electrons. The largest absolute Gasteiger partial charge is 0.343 e. The van der Waals surface area contributed by atoms with Gasteiger partial charge in [-0.25, -0.2) is 5.43 Å². The number of hydrogen-bond donors (Lipinski definition) is 2. The molecule has 2 aromatic rings. The zero-order valence-electron chi connectivity index (χ0n) is 13.0. The Morgan fingerprint density at radius 2 is 1.96 bits per heavy atom. The fourth-order valence-corrected chi connectivity index (χ4v) is 2.40. The summed E-state index contributed by atoms with van der Waals surface area (Å²) >= 11 is 7.47. The van der Waals surface area contributed by atoms with E-state index in [1.165, 1.54) is 6.07 Å². The van der Waals surface area contributed by atoms with Crippen LogP contribution in [0.2, 0.25) is 5.02 Å². The lowest BCUT2D eigenvalue weighted by atomic mass is 10.2. The van der Waals surface area contributed by atoms with Crippen LogP contribution in [0.5, 0.6) is 0 Å². The van der Waals surface area contributed by atoms with Crippen LogP contribution in [0, 0.1) is 0 Å². The van der Waals surface area contributed by atoms with E-state index in [9.17, 15) is 9.59 Å². The first kappa shape index (κ1) is 18.0. The second kappa shape index (κ2) is 9.10. The van der Waals surface area contributed by atoms with Crippen molar-refractivity contribution in [1.29, 1.82) is 0 Å². The third-order valence-corrected chi connectivity index (χ3v) is 3.99. The van der Waals surface area contributed by atoms with Crippen LogP contribution in [-0.2, 0) is 4.79 Å². The Morgan fingerprint density at radius 1 is 1.21 bits per heavy atom. The predicted molar refractivity (Wildman–Crippen MR) is 97.7 cm³/mol. The molecule has 0 fully saturated rings. The van der Waals surface area contributed by atoms with Crippen LogP contribution in [-0.4, -0.2) is 30.8 Å². The maximum Gasteiger partial charge on any atom is 0.259 e. The van der Waals surface area contributed by atoms with Gasteiger partial charge in [0, 0.05) is 15.5 Å². The van der Waals surface area contributed by atoms with Crippen molar-refractivity contribution in [2.75, 3.05) is 12.8 Å². The van der Waals surface area contributed by atoms with E-state index in [-0.39, 0.29) is 12.5 Å². The number of carbonyl (C=O) groups excluding carboxylic acids is 2. The highest BCUT2D eigenvalue weighted by molar-refractivity contribution is 7.98. The fourth-order valence-electron chi connectivity index (χ4n) is 1.80. The van der Waals surface area contributed by atoms with Crippen molar-refractivity contribution in [2.24, 2.45) is 5.10 Å². The smallest absolute Gasteiger partial charge is 0.259 e. The number of hydrogen-bond acceptors (Lipinski definition) is 4. The van der Waals surface area contributed by atoms with Crippen molar-refractivity contribution in [3.63, 3.8) is 0 Å². The molecule has 0 saturated heterocycles. The summed E-state index contributed by atoms with van der Waals surface area (Å²) in [7, 11) is 0. The zero-order valence-corrected chi connectivity index (χ0v) is 14.5. The second-order valence-electron chi connectivity index (χ2n) is 4.76. The molecule has 0 heterocycles. The summed E-state index contributed by atoms with van der Waals surface area (Å²) in [5.74, 6) is -0.786. The highest BCUT2D eigenvalue weighted by Crippen LogP contribution is 2.13. The number of rotatable bonds is 6. The van der Waals surface area contributed by atoms with Gasteiger partial charge in [-0.3, -0.25) is 9.59 Å². The molecule has 2 N–H and O–H groups in total. The van der Waals surface area contributed by atoms with E-state index in [1.807, 2.05) is 30.5 Å². The number of halogens is 1. The van der Waals surface area contributed by atoms with Gasteiger partial charge < -0.3 is 5.32 Å². The molecule has 0 aliphatic carbocycles. The van der Waals surface area contributed by atoms with Crippen molar-refractivity contribution < 1.29 is 9.59 Å². The Morgan fingerprint density at radius 3 is 2.62 bits per heavy atom. The monoisotopic (exact) mass is 361 g/mol. The average molecular weight is 362 g/mol.